The molecular weight excluding hydrogens is 383 g/mol. The van der Waals surface area contributed by atoms with E-state index in [1.54, 1.807) is 12.1 Å². The lowest BCUT2D eigenvalue weighted by atomic mass is 10.2. The number of benzene rings is 1. The molecule has 1 aromatic rings. The molecule has 80 valence electrons. The fraction of sp³-hybridized carbons (Fsp3) is 0.100. The van der Waals surface area contributed by atoms with Gasteiger partial charge in [-0.3, -0.25) is 5.43 Å². The minimum atomic E-state index is -0.198. The Bertz CT molecular complexity index is 509. The molecule has 0 radical (unpaired) electrons. The van der Waals surface area contributed by atoms with Crippen LogP contribution in [-0.2, 0) is 0 Å². The van der Waals surface area contributed by atoms with Gasteiger partial charge >= 0.3 is 0 Å². The highest BCUT2D eigenvalue weighted by Gasteiger charge is 2.05. The van der Waals surface area contributed by atoms with Crippen molar-refractivity contribution in [2.24, 2.45) is 5.10 Å². The Kier molecular flexibility index (Phi) is 4.71. The van der Waals surface area contributed by atoms with Crippen molar-refractivity contribution in [2.75, 3.05) is 5.43 Å². The third-order valence-corrected chi connectivity index (χ3v) is 4.07. The van der Waals surface area contributed by atoms with Crippen LogP contribution >= 0.6 is 38.5 Å². The van der Waals surface area contributed by atoms with Crippen molar-refractivity contribution in [1.82, 2.24) is 0 Å². The van der Waals surface area contributed by atoms with Crippen LogP contribution in [0.25, 0.3) is 0 Å². The van der Waals surface area contributed by atoms with E-state index in [2.05, 4.69) is 49.0 Å². The van der Waals surface area contributed by atoms with Gasteiger partial charge in [-0.05, 0) is 47.2 Å². The first-order valence-corrected chi connectivity index (χ1v) is 6.05. The van der Waals surface area contributed by atoms with Gasteiger partial charge in [-0.2, -0.15) is 15.6 Å². The third-order valence-electron chi connectivity index (χ3n) is 1.82. The number of nitriles is 2. The number of anilines is 1. The third kappa shape index (κ3) is 2.94. The van der Waals surface area contributed by atoms with Crippen LogP contribution < -0.4 is 5.43 Å². The highest BCUT2D eigenvalue weighted by Crippen LogP contribution is 2.27. The molecule has 0 spiro atoms. The lowest BCUT2D eigenvalue weighted by Crippen LogP contribution is -1.99. The molecule has 16 heavy (non-hydrogen) atoms. The van der Waals surface area contributed by atoms with Crippen LogP contribution in [0.5, 0.6) is 0 Å². The van der Waals surface area contributed by atoms with Crippen LogP contribution in [-0.4, -0.2) is 5.71 Å². The number of rotatable bonds is 2. The molecule has 0 amide bonds. The molecule has 0 atom stereocenters. The molecule has 0 aliphatic heterocycles. The Balaban J connectivity index is 3.02. The van der Waals surface area contributed by atoms with Crippen LogP contribution in [0.3, 0.4) is 0 Å². The van der Waals surface area contributed by atoms with Crippen LogP contribution in [0, 0.1) is 33.2 Å². The summed E-state index contributed by atoms with van der Waals surface area (Å²) in [6.07, 6.45) is 0. The van der Waals surface area contributed by atoms with E-state index in [1.165, 1.54) is 0 Å². The summed E-state index contributed by atoms with van der Waals surface area (Å²) in [7, 11) is 0. The summed E-state index contributed by atoms with van der Waals surface area (Å²) >= 11 is 5.59. The molecule has 0 aromatic heterocycles. The van der Waals surface area contributed by atoms with E-state index in [-0.39, 0.29) is 5.71 Å². The maximum atomic E-state index is 8.52. The van der Waals surface area contributed by atoms with Crippen molar-refractivity contribution in [3.8, 4) is 12.1 Å². The van der Waals surface area contributed by atoms with Gasteiger partial charge in [-0.15, -0.1) is 0 Å². The smallest absolute Gasteiger partial charge is 0.237 e. The molecule has 0 unspecified atom stereocenters. The molecule has 0 aliphatic rings. The Labute approximate surface area is 115 Å². The zero-order valence-electron chi connectivity index (χ0n) is 8.25. The maximum absolute atomic E-state index is 8.52. The van der Waals surface area contributed by atoms with Crippen molar-refractivity contribution >= 4 is 49.9 Å². The Hall–Kier alpha value is -1.12. The summed E-state index contributed by atoms with van der Waals surface area (Å²) in [6, 6.07) is 7.08. The first-order valence-electron chi connectivity index (χ1n) is 4.18. The minimum absolute atomic E-state index is 0.198. The normalized spacial score (nSPS) is 8.81. The first-order chi connectivity index (χ1) is 7.60. The van der Waals surface area contributed by atoms with Gasteiger partial charge in [0.2, 0.25) is 5.71 Å². The molecule has 0 aliphatic carbocycles. The average molecular weight is 389 g/mol. The molecule has 1 rings (SSSR count). The van der Waals surface area contributed by atoms with Crippen LogP contribution in [0.4, 0.5) is 5.69 Å². The number of nitrogens with zero attached hydrogens (tertiary/aromatic N) is 3. The summed E-state index contributed by atoms with van der Waals surface area (Å²) in [5, 5.41) is 20.7. The highest BCUT2D eigenvalue weighted by molar-refractivity contribution is 14.1. The molecule has 6 heteroatoms. The van der Waals surface area contributed by atoms with Crippen molar-refractivity contribution in [3.05, 3.63) is 25.7 Å². The Morgan fingerprint density at radius 1 is 1.44 bits per heavy atom. The van der Waals surface area contributed by atoms with Crippen LogP contribution in [0.2, 0.25) is 0 Å². The number of halogens is 2. The molecule has 1 N–H and O–H groups in total. The fourth-order valence-electron chi connectivity index (χ4n) is 0.939. The maximum Gasteiger partial charge on any atom is 0.237 e. The van der Waals surface area contributed by atoms with Gasteiger partial charge < -0.3 is 0 Å². The largest absolute Gasteiger partial charge is 0.275 e. The van der Waals surface area contributed by atoms with E-state index in [0.29, 0.717) is 0 Å². The van der Waals surface area contributed by atoms with Gasteiger partial charge in [-0.25, -0.2) is 0 Å². The van der Waals surface area contributed by atoms with Crippen LogP contribution in [0.1, 0.15) is 5.56 Å². The molecule has 0 heterocycles. The quantitative estimate of drug-likeness (QED) is 0.480. The van der Waals surface area contributed by atoms with Crippen LogP contribution in [0.15, 0.2) is 21.7 Å². The van der Waals surface area contributed by atoms with E-state index in [4.69, 9.17) is 10.5 Å². The van der Waals surface area contributed by atoms with E-state index in [0.717, 1.165) is 19.3 Å². The number of hydrazone groups is 1. The first kappa shape index (κ1) is 12.9. The Morgan fingerprint density at radius 3 is 2.62 bits per heavy atom. The van der Waals surface area contributed by atoms with Crippen molar-refractivity contribution in [1.29, 1.82) is 10.5 Å². The van der Waals surface area contributed by atoms with Gasteiger partial charge in [0.05, 0.1) is 5.69 Å². The predicted octanol–water partition coefficient (Wildman–Crippen LogP) is 3.18. The molecule has 1 aromatic carbocycles. The summed E-state index contributed by atoms with van der Waals surface area (Å²) in [5.74, 6) is 0. The molecule has 4 nitrogen and oxygen atoms in total. The zero-order chi connectivity index (χ0) is 12.1. The second-order valence-electron chi connectivity index (χ2n) is 2.83. The fourth-order valence-corrected chi connectivity index (χ4v) is 2.23. The summed E-state index contributed by atoms with van der Waals surface area (Å²) < 4.78 is 2.00. The predicted molar refractivity (Wildman–Crippen MR) is 73.9 cm³/mol. The molecule has 0 bridgehead atoms. The zero-order valence-corrected chi connectivity index (χ0v) is 12.0. The van der Waals surface area contributed by atoms with Gasteiger partial charge in [0.1, 0.15) is 12.1 Å². The summed E-state index contributed by atoms with van der Waals surface area (Å²) in [4.78, 5) is 0. The number of nitrogens with one attached hydrogen (secondary N) is 1. The monoisotopic (exact) mass is 388 g/mol. The molecular formula is C10H6BrIN4. The molecule has 0 saturated heterocycles. The second kappa shape index (κ2) is 5.83. The lowest BCUT2D eigenvalue weighted by Gasteiger charge is -2.07. The van der Waals surface area contributed by atoms with E-state index >= 15 is 0 Å². The van der Waals surface area contributed by atoms with Crippen molar-refractivity contribution in [3.63, 3.8) is 0 Å². The second-order valence-corrected chi connectivity index (χ2v) is 4.76. The number of hydrogen-bond acceptors (Lipinski definition) is 4. The highest BCUT2D eigenvalue weighted by atomic mass is 127. The summed E-state index contributed by atoms with van der Waals surface area (Å²) in [5.41, 5.74) is 4.35. The Morgan fingerprint density at radius 2 is 2.06 bits per heavy atom. The average Bonchev–Trinajstić information content (AvgIpc) is 2.30. The lowest BCUT2D eigenvalue weighted by molar-refractivity contribution is 1.29. The van der Waals surface area contributed by atoms with Gasteiger partial charge in [0, 0.05) is 8.04 Å². The van der Waals surface area contributed by atoms with E-state index in [1.807, 2.05) is 19.1 Å². The SMILES string of the molecule is Cc1c(Br)ccc(NN=C(C#N)C#N)c1I. The summed E-state index contributed by atoms with van der Waals surface area (Å²) in [6.45, 7) is 1.97. The number of hydrogen-bond donors (Lipinski definition) is 1. The van der Waals surface area contributed by atoms with E-state index in [9.17, 15) is 0 Å². The minimum Gasteiger partial charge on any atom is -0.275 e. The van der Waals surface area contributed by atoms with Crippen molar-refractivity contribution in [2.45, 2.75) is 6.92 Å². The van der Waals surface area contributed by atoms with Crippen molar-refractivity contribution < 1.29 is 0 Å². The standard InChI is InChI=1S/C10H6BrIN4/c1-6-8(11)2-3-9(10(6)12)16-15-7(4-13)5-14/h2-3,16H,1H3. The van der Waals surface area contributed by atoms with Gasteiger partial charge in [0.15, 0.2) is 0 Å². The molecule has 0 saturated carbocycles. The molecule has 0 fully saturated rings. The van der Waals surface area contributed by atoms with Gasteiger partial charge in [-0.1, -0.05) is 15.9 Å². The van der Waals surface area contributed by atoms with Gasteiger partial charge in [0.25, 0.3) is 0 Å². The topological polar surface area (TPSA) is 72.0 Å². The van der Waals surface area contributed by atoms with E-state index < -0.39 is 0 Å².